The molecule has 4 aromatic carbocycles. The van der Waals surface area contributed by atoms with Crippen molar-refractivity contribution in [2.45, 2.75) is 9.79 Å². The summed E-state index contributed by atoms with van der Waals surface area (Å²) in [7, 11) is 0. The van der Waals surface area contributed by atoms with E-state index in [0.717, 1.165) is 39.9 Å². The fraction of sp³-hybridized carbons (Fsp3) is 0. The van der Waals surface area contributed by atoms with Crippen LogP contribution in [0.4, 0.5) is 0 Å². The van der Waals surface area contributed by atoms with Crippen LogP contribution in [0.15, 0.2) is 107 Å². The van der Waals surface area contributed by atoms with Crippen LogP contribution in [-0.2, 0) is 0 Å². The molecule has 0 bridgehead atoms. The Morgan fingerprint density at radius 1 is 0.483 bits per heavy atom. The van der Waals surface area contributed by atoms with Gasteiger partial charge in [0.1, 0.15) is 23.0 Å². The topological polar surface area (TPSA) is 18.5 Å². The maximum absolute atomic E-state index is 5.91. The molecule has 4 rings (SSSR count). The molecular formula is C24H16I2O2S. The van der Waals surface area contributed by atoms with E-state index < -0.39 is 0 Å². The molecule has 0 unspecified atom stereocenters. The summed E-state index contributed by atoms with van der Waals surface area (Å²) in [5, 5.41) is 0. The Hall–Kier alpha value is -1.71. The molecule has 0 aliphatic rings. The molecule has 0 N–H and O–H groups in total. The molecule has 5 heteroatoms. The number of ether oxygens (including phenoxy) is 2. The summed E-state index contributed by atoms with van der Waals surface area (Å²) in [4.78, 5) is 2.32. The Kier molecular flexibility index (Phi) is 6.99. The van der Waals surface area contributed by atoms with Gasteiger partial charge in [-0.15, -0.1) is 0 Å². The molecule has 29 heavy (non-hydrogen) atoms. The fourth-order valence-corrected chi connectivity index (χ4v) is 4.47. The van der Waals surface area contributed by atoms with E-state index in [1.807, 2.05) is 72.8 Å². The summed E-state index contributed by atoms with van der Waals surface area (Å²) >= 11 is 6.27. The third-order valence-corrected chi connectivity index (χ3v) is 6.30. The minimum atomic E-state index is 0.831. The van der Waals surface area contributed by atoms with Gasteiger partial charge in [-0.3, -0.25) is 0 Å². The first-order chi connectivity index (χ1) is 14.1. The molecule has 0 fully saturated rings. The van der Waals surface area contributed by atoms with E-state index in [9.17, 15) is 0 Å². The van der Waals surface area contributed by atoms with Crippen molar-refractivity contribution in [1.29, 1.82) is 0 Å². The van der Waals surface area contributed by atoms with Crippen LogP contribution in [0, 0.1) is 7.14 Å². The van der Waals surface area contributed by atoms with Crippen LogP contribution in [-0.4, -0.2) is 0 Å². The summed E-state index contributed by atoms with van der Waals surface area (Å²) in [6.45, 7) is 0. The van der Waals surface area contributed by atoms with Gasteiger partial charge in [0.2, 0.25) is 0 Å². The van der Waals surface area contributed by atoms with Gasteiger partial charge in [0.25, 0.3) is 0 Å². The highest BCUT2D eigenvalue weighted by Gasteiger charge is 2.03. The smallest absolute Gasteiger partial charge is 0.128 e. The quantitative estimate of drug-likeness (QED) is 0.201. The van der Waals surface area contributed by atoms with Gasteiger partial charge in [0, 0.05) is 16.9 Å². The van der Waals surface area contributed by atoms with Crippen molar-refractivity contribution >= 4 is 56.9 Å². The molecule has 0 aromatic heterocycles. The molecule has 2 nitrogen and oxygen atoms in total. The molecule has 0 amide bonds. The lowest BCUT2D eigenvalue weighted by atomic mass is 10.3. The SMILES string of the molecule is Ic1cccc(Oc2ccc(Sc3ccc(Oc4cccc(I)c4)cc3)cc2)c1. The summed E-state index contributed by atoms with van der Waals surface area (Å²) in [6.07, 6.45) is 0. The first kappa shape index (κ1) is 20.6. The normalized spacial score (nSPS) is 10.6. The maximum Gasteiger partial charge on any atom is 0.128 e. The van der Waals surface area contributed by atoms with Gasteiger partial charge in [-0.1, -0.05) is 23.9 Å². The van der Waals surface area contributed by atoms with Gasteiger partial charge in [-0.05, 0) is 130 Å². The Bertz CT molecular complexity index is 1010. The fourth-order valence-electron chi connectivity index (χ4n) is 2.62. The summed E-state index contributed by atoms with van der Waals surface area (Å²) < 4.78 is 14.1. The third-order valence-electron chi connectivity index (χ3n) is 3.95. The Morgan fingerprint density at radius 3 is 1.28 bits per heavy atom. The van der Waals surface area contributed by atoms with Crippen molar-refractivity contribution in [3.63, 3.8) is 0 Å². The second kappa shape index (κ2) is 9.86. The first-order valence-electron chi connectivity index (χ1n) is 8.89. The van der Waals surface area contributed by atoms with Crippen molar-refractivity contribution in [3.05, 3.63) is 104 Å². The number of rotatable bonds is 6. The van der Waals surface area contributed by atoms with E-state index in [0.29, 0.717) is 0 Å². The Morgan fingerprint density at radius 2 is 0.897 bits per heavy atom. The largest absolute Gasteiger partial charge is 0.457 e. The van der Waals surface area contributed by atoms with Gasteiger partial charge < -0.3 is 9.47 Å². The van der Waals surface area contributed by atoms with Gasteiger partial charge in [-0.25, -0.2) is 0 Å². The molecule has 0 spiro atoms. The van der Waals surface area contributed by atoms with Crippen LogP contribution in [0.3, 0.4) is 0 Å². The molecule has 0 saturated heterocycles. The zero-order chi connectivity index (χ0) is 20.1. The van der Waals surface area contributed by atoms with E-state index in [4.69, 9.17) is 9.47 Å². The van der Waals surface area contributed by atoms with Gasteiger partial charge in [0.05, 0.1) is 0 Å². The predicted molar refractivity (Wildman–Crippen MR) is 135 cm³/mol. The lowest BCUT2D eigenvalue weighted by molar-refractivity contribution is 0.481. The highest BCUT2D eigenvalue weighted by molar-refractivity contribution is 14.1. The van der Waals surface area contributed by atoms with Crippen molar-refractivity contribution < 1.29 is 9.47 Å². The maximum atomic E-state index is 5.91. The standard InChI is InChI=1S/C24H16I2O2S/c25-17-3-1-5-21(15-17)27-19-7-11-23(12-8-19)29-24-13-9-20(10-14-24)28-22-6-2-4-18(26)16-22/h1-16H. The summed E-state index contributed by atoms with van der Waals surface area (Å²) in [5.41, 5.74) is 0. The average Bonchev–Trinajstić information content (AvgIpc) is 2.71. The minimum Gasteiger partial charge on any atom is -0.457 e. The lowest BCUT2D eigenvalue weighted by Gasteiger charge is -2.08. The first-order valence-corrected chi connectivity index (χ1v) is 11.9. The monoisotopic (exact) mass is 622 g/mol. The minimum absolute atomic E-state index is 0.831. The number of hydrogen-bond donors (Lipinski definition) is 0. The molecule has 4 aromatic rings. The molecule has 0 heterocycles. The van der Waals surface area contributed by atoms with Crippen molar-refractivity contribution in [2.24, 2.45) is 0 Å². The van der Waals surface area contributed by atoms with Crippen molar-refractivity contribution in [1.82, 2.24) is 0 Å². The van der Waals surface area contributed by atoms with Crippen LogP contribution >= 0.6 is 56.9 Å². The number of hydrogen-bond acceptors (Lipinski definition) is 3. The van der Waals surface area contributed by atoms with Crippen LogP contribution in [0.5, 0.6) is 23.0 Å². The van der Waals surface area contributed by atoms with Gasteiger partial charge in [0.15, 0.2) is 0 Å². The Balaban J connectivity index is 1.37. The molecule has 0 atom stereocenters. The van der Waals surface area contributed by atoms with Crippen LogP contribution in [0.1, 0.15) is 0 Å². The van der Waals surface area contributed by atoms with Crippen molar-refractivity contribution in [3.8, 4) is 23.0 Å². The predicted octanol–water partition coefficient (Wildman–Crippen LogP) is 8.63. The van der Waals surface area contributed by atoms with Gasteiger partial charge in [-0.2, -0.15) is 0 Å². The van der Waals surface area contributed by atoms with Crippen molar-refractivity contribution in [2.75, 3.05) is 0 Å². The highest BCUT2D eigenvalue weighted by Crippen LogP contribution is 2.32. The van der Waals surface area contributed by atoms with E-state index in [1.54, 1.807) is 11.8 Å². The molecule has 144 valence electrons. The van der Waals surface area contributed by atoms with Gasteiger partial charge >= 0.3 is 0 Å². The summed E-state index contributed by atoms with van der Waals surface area (Å²) in [6, 6.07) is 32.3. The third kappa shape index (κ3) is 6.13. The second-order valence-electron chi connectivity index (χ2n) is 6.16. The van der Waals surface area contributed by atoms with Crippen LogP contribution in [0.2, 0.25) is 0 Å². The molecule has 0 radical (unpaired) electrons. The molecule has 0 aliphatic heterocycles. The van der Waals surface area contributed by atoms with Crippen LogP contribution < -0.4 is 9.47 Å². The lowest BCUT2D eigenvalue weighted by Crippen LogP contribution is -1.85. The summed E-state index contributed by atoms with van der Waals surface area (Å²) in [5.74, 6) is 3.36. The van der Waals surface area contributed by atoms with Crippen LogP contribution in [0.25, 0.3) is 0 Å². The second-order valence-corrected chi connectivity index (χ2v) is 9.80. The van der Waals surface area contributed by atoms with E-state index in [1.165, 1.54) is 0 Å². The molecule has 0 saturated carbocycles. The highest BCUT2D eigenvalue weighted by atomic mass is 127. The molecular weight excluding hydrogens is 606 g/mol. The number of benzene rings is 4. The molecule has 0 aliphatic carbocycles. The van der Waals surface area contributed by atoms with E-state index in [2.05, 4.69) is 69.4 Å². The average molecular weight is 622 g/mol. The zero-order valence-electron chi connectivity index (χ0n) is 15.2. The van der Waals surface area contributed by atoms with E-state index in [-0.39, 0.29) is 0 Å². The van der Waals surface area contributed by atoms with E-state index >= 15 is 0 Å². The zero-order valence-corrected chi connectivity index (χ0v) is 20.3. The Labute approximate surface area is 201 Å². The number of halogens is 2.